The average molecular weight is 274 g/mol. The topological polar surface area (TPSA) is 80.7 Å². The molecule has 0 fully saturated rings. The van der Waals surface area contributed by atoms with Crippen molar-refractivity contribution in [2.45, 2.75) is 0 Å². The number of hydrogen-bond acceptors (Lipinski definition) is 4. The second-order valence-electron chi connectivity index (χ2n) is 3.23. The van der Waals surface area contributed by atoms with Crippen LogP contribution in [0.3, 0.4) is 0 Å². The average Bonchev–Trinajstić information content (AvgIpc) is 2.84. The molecule has 0 amide bonds. The van der Waals surface area contributed by atoms with Crippen LogP contribution in [0.2, 0.25) is 0 Å². The van der Waals surface area contributed by atoms with Crippen LogP contribution in [-0.4, -0.2) is 23.0 Å². The summed E-state index contributed by atoms with van der Waals surface area (Å²) in [5, 5.41) is 7.60. The van der Waals surface area contributed by atoms with E-state index >= 15 is 0 Å². The van der Waals surface area contributed by atoms with Crippen molar-refractivity contribution in [2.24, 2.45) is 0 Å². The Hall–Kier alpha value is -2.95. The van der Waals surface area contributed by atoms with Crippen LogP contribution in [0.4, 0.5) is 0 Å². The fourth-order valence-corrected chi connectivity index (χ4v) is 0.892. The molecule has 1 N–H and O–H groups in total. The number of benzene rings is 1. The van der Waals surface area contributed by atoms with Gasteiger partial charge in [-0.3, -0.25) is 0 Å². The lowest BCUT2D eigenvalue weighted by Crippen LogP contribution is -1.96. The number of aliphatic carboxylic acids is 1. The molecule has 1 aliphatic rings. The van der Waals surface area contributed by atoms with Crippen molar-refractivity contribution >= 4 is 24.0 Å². The molecule has 0 bridgehead atoms. The highest BCUT2D eigenvalue weighted by molar-refractivity contribution is 6.04. The third-order valence-corrected chi connectivity index (χ3v) is 1.77. The number of carbonyl (C=O) groups is 3. The van der Waals surface area contributed by atoms with Gasteiger partial charge in [-0.2, -0.15) is 0 Å². The van der Waals surface area contributed by atoms with E-state index in [9.17, 15) is 14.4 Å². The molecule has 0 radical (unpaired) electrons. The van der Waals surface area contributed by atoms with Crippen LogP contribution in [-0.2, 0) is 19.1 Å². The van der Waals surface area contributed by atoms with E-state index < -0.39 is 17.9 Å². The van der Waals surface area contributed by atoms with Gasteiger partial charge < -0.3 is 9.84 Å². The summed E-state index contributed by atoms with van der Waals surface area (Å²) in [4.78, 5) is 29.1. The van der Waals surface area contributed by atoms with E-state index in [1.54, 1.807) is 0 Å². The van der Waals surface area contributed by atoms with Gasteiger partial charge in [-0.05, 0) is 5.56 Å². The number of ether oxygens (including phenoxy) is 1. The van der Waals surface area contributed by atoms with Crippen molar-refractivity contribution in [2.75, 3.05) is 0 Å². The number of carbonyl (C=O) groups excluding carboxylic acids is 2. The van der Waals surface area contributed by atoms with Crippen molar-refractivity contribution in [3.63, 3.8) is 0 Å². The van der Waals surface area contributed by atoms with Crippen LogP contribution in [0, 0.1) is 0 Å². The SMILES string of the molecule is C=CC(=O)O.C=Cc1ccccc1.O=C1C=CC(=O)O1. The van der Waals surface area contributed by atoms with Crippen molar-refractivity contribution in [1.29, 1.82) is 0 Å². The Morgan fingerprint density at radius 1 is 1.05 bits per heavy atom. The quantitative estimate of drug-likeness (QED) is 0.508. The van der Waals surface area contributed by atoms with E-state index in [1.807, 2.05) is 36.4 Å². The number of esters is 2. The molecule has 0 atom stereocenters. The molecule has 104 valence electrons. The maximum atomic E-state index is 9.92. The molecule has 2 rings (SSSR count). The largest absolute Gasteiger partial charge is 0.478 e. The van der Waals surface area contributed by atoms with Gasteiger partial charge in [0.15, 0.2) is 0 Å². The molecular formula is C15H14O5. The summed E-state index contributed by atoms with van der Waals surface area (Å²) in [6, 6.07) is 10.0. The van der Waals surface area contributed by atoms with Crippen LogP contribution < -0.4 is 0 Å². The highest BCUT2D eigenvalue weighted by atomic mass is 16.6. The van der Waals surface area contributed by atoms with E-state index in [0.717, 1.165) is 18.2 Å². The van der Waals surface area contributed by atoms with Gasteiger partial charge in [0.1, 0.15) is 0 Å². The minimum absolute atomic E-state index is 0.579. The van der Waals surface area contributed by atoms with Gasteiger partial charge in [-0.25, -0.2) is 14.4 Å². The predicted molar refractivity (Wildman–Crippen MR) is 74.6 cm³/mol. The van der Waals surface area contributed by atoms with Crippen LogP contribution in [0.15, 0.2) is 61.7 Å². The van der Waals surface area contributed by atoms with E-state index in [1.165, 1.54) is 5.56 Å². The fourth-order valence-electron chi connectivity index (χ4n) is 0.892. The molecule has 1 heterocycles. The zero-order valence-corrected chi connectivity index (χ0v) is 10.7. The second-order valence-corrected chi connectivity index (χ2v) is 3.23. The zero-order valence-electron chi connectivity index (χ0n) is 10.7. The van der Waals surface area contributed by atoms with Crippen molar-refractivity contribution < 1.29 is 24.2 Å². The number of hydrogen-bond donors (Lipinski definition) is 1. The lowest BCUT2D eigenvalue weighted by molar-refractivity contribution is -0.150. The Labute approximate surface area is 116 Å². The van der Waals surface area contributed by atoms with Crippen LogP contribution >= 0.6 is 0 Å². The Balaban J connectivity index is 0.000000280. The predicted octanol–water partition coefficient (Wildman–Crippen LogP) is 2.21. The van der Waals surface area contributed by atoms with Crippen LogP contribution in [0.1, 0.15) is 5.56 Å². The summed E-state index contributed by atoms with van der Waals surface area (Å²) < 4.78 is 3.97. The normalized spacial score (nSPS) is 11.2. The summed E-state index contributed by atoms with van der Waals surface area (Å²) in [5.41, 5.74) is 1.17. The van der Waals surface area contributed by atoms with E-state index in [0.29, 0.717) is 0 Å². The van der Waals surface area contributed by atoms with Crippen molar-refractivity contribution in [3.8, 4) is 0 Å². The second kappa shape index (κ2) is 10.0. The zero-order chi connectivity index (χ0) is 15.4. The first kappa shape index (κ1) is 17.1. The third-order valence-electron chi connectivity index (χ3n) is 1.77. The van der Waals surface area contributed by atoms with Gasteiger partial charge >= 0.3 is 17.9 Å². The monoisotopic (exact) mass is 274 g/mol. The molecule has 0 saturated carbocycles. The minimum atomic E-state index is -0.981. The molecule has 1 aromatic rings. The molecule has 5 heteroatoms. The van der Waals surface area contributed by atoms with Gasteiger partial charge in [0.05, 0.1) is 0 Å². The summed E-state index contributed by atoms with van der Waals surface area (Å²) in [5.74, 6) is -2.14. The molecule has 20 heavy (non-hydrogen) atoms. The molecule has 5 nitrogen and oxygen atoms in total. The fraction of sp³-hybridized carbons (Fsp3) is 0. The summed E-state index contributed by atoms with van der Waals surface area (Å²) in [6.07, 6.45) is 4.84. The van der Waals surface area contributed by atoms with Crippen LogP contribution in [0.5, 0.6) is 0 Å². The summed E-state index contributed by atoms with van der Waals surface area (Å²) >= 11 is 0. The Morgan fingerprint density at radius 2 is 1.50 bits per heavy atom. The lowest BCUT2D eigenvalue weighted by Gasteiger charge is -1.85. The smallest absolute Gasteiger partial charge is 0.338 e. The summed E-state index contributed by atoms with van der Waals surface area (Å²) in [6.45, 7) is 6.59. The third kappa shape index (κ3) is 9.12. The van der Waals surface area contributed by atoms with Crippen molar-refractivity contribution in [1.82, 2.24) is 0 Å². The first-order valence-corrected chi connectivity index (χ1v) is 5.46. The summed E-state index contributed by atoms with van der Waals surface area (Å²) in [7, 11) is 0. The number of carboxylic acids is 1. The first-order valence-electron chi connectivity index (χ1n) is 5.46. The van der Waals surface area contributed by atoms with Gasteiger partial charge in [-0.1, -0.05) is 49.6 Å². The van der Waals surface area contributed by atoms with Crippen LogP contribution in [0.25, 0.3) is 6.08 Å². The number of cyclic esters (lactones) is 2. The van der Waals surface area contributed by atoms with Gasteiger partial charge in [0.25, 0.3) is 0 Å². The van der Waals surface area contributed by atoms with Crippen molar-refractivity contribution in [3.05, 3.63) is 67.3 Å². The van der Waals surface area contributed by atoms with Gasteiger partial charge in [0.2, 0.25) is 0 Å². The molecule has 1 aliphatic heterocycles. The molecular weight excluding hydrogens is 260 g/mol. The maximum Gasteiger partial charge on any atom is 0.338 e. The number of carboxylic acid groups (broad SMARTS) is 1. The molecule has 0 aromatic heterocycles. The highest BCUT2D eigenvalue weighted by Gasteiger charge is 2.10. The van der Waals surface area contributed by atoms with E-state index in [2.05, 4.69) is 17.9 Å². The molecule has 1 aromatic carbocycles. The molecule has 0 unspecified atom stereocenters. The molecule has 0 aliphatic carbocycles. The number of rotatable bonds is 2. The Bertz CT molecular complexity index is 498. The highest BCUT2D eigenvalue weighted by Crippen LogP contribution is 1.97. The molecule has 0 spiro atoms. The van der Waals surface area contributed by atoms with E-state index in [-0.39, 0.29) is 0 Å². The molecule has 0 saturated heterocycles. The lowest BCUT2D eigenvalue weighted by atomic mass is 10.2. The maximum absolute atomic E-state index is 9.92. The standard InChI is InChI=1S/C8H8.C4H2O3.C3H4O2/c1-2-8-6-4-3-5-7-8;5-3-1-2-4(6)7-3;1-2-3(4)5/h2-7H,1H2;1-2H;2H,1H2,(H,4,5). The minimum Gasteiger partial charge on any atom is -0.478 e. The Kier molecular flexibility index (Phi) is 8.54. The first-order chi connectivity index (χ1) is 9.49. The van der Waals surface area contributed by atoms with E-state index in [4.69, 9.17) is 5.11 Å². The van der Waals surface area contributed by atoms with Gasteiger partial charge in [0, 0.05) is 18.2 Å². The van der Waals surface area contributed by atoms with Gasteiger partial charge in [-0.15, -0.1) is 0 Å². The Morgan fingerprint density at radius 3 is 1.70 bits per heavy atom.